The van der Waals surface area contributed by atoms with Crippen LogP contribution in [-0.4, -0.2) is 12.1 Å². The van der Waals surface area contributed by atoms with Crippen LogP contribution in [0.5, 0.6) is 5.75 Å². The first kappa shape index (κ1) is 8.18. The summed E-state index contributed by atoms with van der Waals surface area (Å²) in [6.07, 6.45) is 3.86. The summed E-state index contributed by atoms with van der Waals surface area (Å²) < 4.78 is 5.18. The molecule has 1 aromatic heterocycles. The van der Waals surface area contributed by atoms with E-state index in [4.69, 9.17) is 4.74 Å². The van der Waals surface area contributed by atoms with E-state index in [0.29, 0.717) is 0 Å². The van der Waals surface area contributed by atoms with Crippen LogP contribution in [0.15, 0.2) is 12.4 Å². The zero-order chi connectivity index (χ0) is 8.48. The number of hydrogen-bond donors (Lipinski definition) is 1. The third kappa shape index (κ3) is 1.56. The van der Waals surface area contributed by atoms with Gasteiger partial charge in [-0.2, -0.15) is 0 Å². The molecule has 0 atom stereocenters. The lowest BCUT2D eigenvalue weighted by Crippen LogP contribution is -2.10. The minimum atomic E-state index is 0.158. The molecule has 0 amide bonds. The second-order valence-corrected chi connectivity index (χ2v) is 3.69. The van der Waals surface area contributed by atoms with Crippen LogP contribution < -0.4 is 4.74 Å². The molecule has 0 bridgehead atoms. The van der Waals surface area contributed by atoms with Crippen molar-refractivity contribution >= 4 is 0 Å². The molecule has 0 spiro atoms. The van der Waals surface area contributed by atoms with Gasteiger partial charge in [-0.1, -0.05) is 20.8 Å². The lowest BCUT2D eigenvalue weighted by atomic mass is 9.89. The van der Waals surface area contributed by atoms with Gasteiger partial charge in [0.15, 0.2) is 0 Å². The molecule has 2 nitrogen and oxygen atoms in total. The Labute approximate surface area is 67.6 Å². The summed E-state index contributed by atoms with van der Waals surface area (Å²) in [5.41, 5.74) is 1.38. The van der Waals surface area contributed by atoms with Crippen LogP contribution in [-0.2, 0) is 5.41 Å². The predicted molar refractivity (Wildman–Crippen MR) is 46.0 cm³/mol. The van der Waals surface area contributed by atoms with Crippen molar-refractivity contribution in [2.45, 2.75) is 26.2 Å². The van der Waals surface area contributed by atoms with E-state index in [1.807, 2.05) is 12.4 Å². The van der Waals surface area contributed by atoms with E-state index in [9.17, 15) is 0 Å². The first-order valence-corrected chi connectivity index (χ1v) is 3.77. The third-order valence-corrected chi connectivity index (χ3v) is 1.74. The first-order valence-electron chi connectivity index (χ1n) is 3.77. The van der Waals surface area contributed by atoms with Crippen molar-refractivity contribution in [3.8, 4) is 5.75 Å². The molecule has 0 unspecified atom stereocenters. The third-order valence-electron chi connectivity index (χ3n) is 1.74. The number of H-pyrrole nitrogens is 1. The zero-order valence-corrected chi connectivity index (χ0v) is 7.56. The smallest absolute Gasteiger partial charge is 0.139 e. The van der Waals surface area contributed by atoms with Crippen molar-refractivity contribution < 1.29 is 4.74 Å². The minimum absolute atomic E-state index is 0.158. The lowest BCUT2D eigenvalue weighted by molar-refractivity contribution is 0.399. The van der Waals surface area contributed by atoms with Gasteiger partial charge in [-0.25, -0.2) is 0 Å². The second-order valence-electron chi connectivity index (χ2n) is 3.69. The van der Waals surface area contributed by atoms with Crippen LogP contribution in [0.4, 0.5) is 0 Å². The van der Waals surface area contributed by atoms with Crippen molar-refractivity contribution in [2.24, 2.45) is 0 Å². The molecular weight excluding hydrogens is 138 g/mol. The van der Waals surface area contributed by atoms with E-state index in [1.165, 1.54) is 5.56 Å². The molecular formula is C9H15NO. The molecule has 2 heteroatoms. The van der Waals surface area contributed by atoms with Crippen LogP contribution in [0.3, 0.4) is 0 Å². The van der Waals surface area contributed by atoms with E-state index >= 15 is 0 Å². The molecule has 0 saturated carbocycles. The SMILES string of the molecule is COc1c[nH]cc1C(C)(C)C. The van der Waals surface area contributed by atoms with E-state index in [0.717, 1.165) is 5.75 Å². The summed E-state index contributed by atoms with van der Waals surface area (Å²) >= 11 is 0. The maximum Gasteiger partial charge on any atom is 0.139 e. The van der Waals surface area contributed by atoms with Crippen LogP contribution in [0.1, 0.15) is 26.3 Å². The van der Waals surface area contributed by atoms with Gasteiger partial charge in [0.25, 0.3) is 0 Å². The van der Waals surface area contributed by atoms with Gasteiger partial charge in [-0.3, -0.25) is 0 Å². The fraction of sp³-hybridized carbons (Fsp3) is 0.556. The molecule has 62 valence electrons. The normalized spacial score (nSPS) is 11.6. The van der Waals surface area contributed by atoms with Gasteiger partial charge < -0.3 is 9.72 Å². The summed E-state index contributed by atoms with van der Waals surface area (Å²) in [6, 6.07) is 0. The van der Waals surface area contributed by atoms with Gasteiger partial charge in [0.05, 0.1) is 7.11 Å². The maximum atomic E-state index is 5.18. The van der Waals surface area contributed by atoms with E-state index < -0.39 is 0 Å². The molecule has 1 rings (SSSR count). The van der Waals surface area contributed by atoms with Crippen LogP contribution in [0.25, 0.3) is 0 Å². The summed E-state index contributed by atoms with van der Waals surface area (Å²) in [5, 5.41) is 0. The fourth-order valence-corrected chi connectivity index (χ4v) is 1.10. The van der Waals surface area contributed by atoms with Crippen molar-refractivity contribution in [3.05, 3.63) is 18.0 Å². The quantitative estimate of drug-likeness (QED) is 0.658. The molecule has 0 radical (unpaired) electrons. The predicted octanol–water partition coefficient (Wildman–Crippen LogP) is 2.32. The standard InChI is InChI=1S/C9H15NO/c1-9(2,3)7-5-10-6-8(7)11-4/h5-6,10H,1-4H3. The Balaban J connectivity index is 3.02. The Morgan fingerprint density at radius 3 is 2.27 bits per heavy atom. The molecule has 1 N–H and O–H groups in total. The number of ether oxygens (including phenoxy) is 1. The molecule has 0 fully saturated rings. The van der Waals surface area contributed by atoms with Gasteiger partial charge in [0.2, 0.25) is 0 Å². The number of nitrogens with one attached hydrogen (secondary N) is 1. The van der Waals surface area contributed by atoms with Crippen molar-refractivity contribution in [3.63, 3.8) is 0 Å². The average molecular weight is 153 g/mol. The minimum Gasteiger partial charge on any atom is -0.495 e. The van der Waals surface area contributed by atoms with Gasteiger partial charge in [0, 0.05) is 18.0 Å². The monoisotopic (exact) mass is 153 g/mol. The van der Waals surface area contributed by atoms with Crippen LogP contribution in [0, 0.1) is 0 Å². The Morgan fingerprint density at radius 2 is 1.91 bits per heavy atom. The second kappa shape index (κ2) is 2.61. The Morgan fingerprint density at radius 1 is 1.27 bits per heavy atom. The lowest BCUT2D eigenvalue weighted by Gasteiger charge is -2.17. The molecule has 0 saturated heterocycles. The largest absolute Gasteiger partial charge is 0.495 e. The van der Waals surface area contributed by atoms with Crippen LogP contribution in [0.2, 0.25) is 0 Å². The number of aromatic nitrogens is 1. The van der Waals surface area contributed by atoms with E-state index in [1.54, 1.807) is 7.11 Å². The molecule has 11 heavy (non-hydrogen) atoms. The number of rotatable bonds is 1. The van der Waals surface area contributed by atoms with Crippen LogP contribution >= 0.6 is 0 Å². The molecule has 0 aliphatic rings. The zero-order valence-electron chi connectivity index (χ0n) is 7.56. The van der Waals surface area contributed by atoms with Crippen molar-refractivity contribution in [1.29, 1.82) is 0 Å². The Kier molecular flexibility index (Phi) is 1.94. The van der Waals surface area contributed by atoms with Crippen molar-refractivity contribution in [1.82, 2.24) is 4.98 Å². The number of hydrogen-bond acceptors (Lipinski definition) is 1. The number of methoxy groups -OCH3 is 1. The molecule has 0 aliphatic heterocycles. The van der Waals surface area contributed by atoms with Gasteiger partial charge in [0.1, 0.15) is 5.75 Å². The van der Waals surface area contributed by atoms with Gasteiger partial charge in [-0.15, -0.1) is 0 Å². The molecule has 0 aliphatic carbocycles. The molecule has 1 heterocycles. The first-order chi connectivity index (χ1) is 5.05. The maximum absolute atomic E-state index is 5.18. The summed E-state index contributed by atoms with van der Waals surface area (Å²) in [7, 11) is 1.69. The summed E-state index contributed by atoms with van der Waals surface area (Å²) in [4.78, 5) is 3.03. The summed E-state index contributed by atoms with van der Waals surface area (Å²) in [6.45, 7) is 6.50. The van der Waals surface area contributed by atoms with Gasteiger partial charge in [-0.05, 0) is 5.41 Å². The number of aromatic amines is 1. The fourth-order valence-electron chi connectivity index (χ4n) is 1.10. The van der Waals surface area contributed by atoms with E-state index in [2.05, 4.69) is 25.8 Å². The molecule has 1 aromatic rings. The highest BCUT2D eigenvalue weighted by molar-refractivity contribution is 5.35. The molecule has 0 aromatic carbocycles. The summed E-state index contributed by atoms with van der Waals surface area (Å²) in [5.74, 6) is 0.942. The average Bonchev–Trinajstić information content (AvgIpc) is 2.31. The van der Waals surface area contributed by atoms with E-state index in [-0.39, 0.29) is 5.41 Å². The Bertz CT molecular complexity index is 232. The topological polar surface area (TPSA) is 25.0 Å². The highest BCUT2D eigenvalue weighted by atomic mass is 16.5. The van der Waals surface area contributed by atoms with Gasteiger partial charge >= 0.3 is 0 Å². The Hall–Kier alpha value is -0.920. The highest BCUT2D eigenvalue weighted by Gasteiger charge is 2.18. The van der Waals surface area contributed by atoms with Crippen molar-refractivity contribution in [2.75, 3.05) is 7.11 Å². The highest BCUT2D eigenvalue weighted by Crippen LogP contribution is 2.30.